The lowest BCUT2D eigenvalue weighted by molar-refractivity contribution is 0.482. The lowest BCUT2D eigenvalue weighted by Crippen LogP contribution is -2.04. The second kappa shape index (κ2) is 4.51. The smallest absolute Gasteiger partial charge is 0.294 e. The Morgan fingerprint density at radius 2 is 2.06 bits per heavy atom. The van der Waals surface area contributed by atoms with Gasteiger partial charge < -0.3 is 5.73 Å². The number of allylic oxidation sites excluding steroid dienone is 2. The predicted octanol–water partition coefficient (Wildman–Crippen LogP) is 2.02. The van der Waals surface area contributed by atoms with Crippen LogP contribution in [0.3, 0.4) is 0 Å². The fourth-order valence-corrected chi connectivity index (χ4v) is 2.13. The molecule has 0 aromatic heterocycles. The molecular weight excluding hydrogens is 226 g/mol. The molecule has 0 unspecified atom stereocenters. The van der Waals surface area contributed by atoms with Gasteiger partial charge in [0.2, 0.25) is 0 Å². The molecule has 3 N–H and O–H groups in total. The Balaban J connectivity index is 3.50. The van der Waals surface area contributed by atoms with Crippen LogP contribution < -0.4 is 5.73 Å². The molecule has 0 saturated carbocycles. The van der Waals surface area contributed by atoms with Crippen LogP contribution in [0.1, 0.15) is 11.1 Å². The van der Waals surface area contributed by atoms with E-state index >= 15 is 0 Å². The van der Waals surface area contributed by atoms with E-state index in [4.69, 9.17) is 10.3 Å². The van der Waals surface area contributed by atoms with Gasteiger partial charge in [-0.2, -0.15) is 8.42 Å². The third-order valence-electron chi connectivity index (χ3n) is 2.18. The largest absolute Gasteiger partial charge is 0.398 e. The normalized spacial score (nSPS) is 11.9. The molecule has 0 aliphatic heterocycles. The average molecular weight is 239 g/mol. The van der Waals surface area contributed by atoms with Crippen molar-refractivity contribution in [1.82, 2.24) is 0 Å². The molecule has 0 radical (unpaired) electrons. The van der Waals surface area contributed by atoms with Gasteiger partial charge in [0.15, 0.2) is 0 Å². The molecule has 4 nitrogen and oxygen atoms in total. The molecule has 1 aromatic rings. The van der Waals surface area contributed by atoms with Gasteiger partial charge in [-0.25, -0.2) is 0 Å². The minimum absolute atomic E-state index is 0.134. The fraction of sp³-hybridized carbons (Fsp3) is 0.0909. The summed E-state index contributed by atoms with van der Waals surface area (Å²) in [6.45, 7) is 5.10. The highest BCUT2D eigenvalue weighted by atomic mass is 32.2. The quantitative estimate of drug-likeness (QED) is 0.480. The summed E-state index contributed by atoms with van der Waals surface area (Å²) >= 11 is 0. The first-order valence-corrected chi connectivity index (χ1v) is 5.97. The summed E-state index contributed by atoms with van der Waals surface area (Å²) < 4.78 is 31.1. The van der Waals surface area contributed by atoms with E-state index in [2.05, 4.69) is 6.58 Å². The summed E-state index contributed by atoms with van der Waals surface area (Å²) in [7, 11) is -4.21. The Kier molecular flexibility index (Phi) is 3.51. The van der Waals surface area contributed by atoms with Crippen molar-refractivity contribution in [3.63, 3.8) is 0 Å². The summed E-state index contributed by atoms with van der Waals surface area (Å²) in [6.07, 6.45) is 4.85. The van der Waals surface area contributed by atoms with Crippen molar-refractivity contribution < 1.29 is 13.0 Å². The SMILES string of the molecule is C=C/C=C\c1c(N)ccc(S(=O)(=O)O)c1C. The van der Waals surface area contributed by atoms with E-state index in [1.165, 1.54) is 12.1 Å². The van der Waals surface area contributed by atoms with E-state index < -0.39 is 10.1 Å². The number of hydrogen-bond donors (Lipinski definition) is 2. The number of anilines is 1. The molecule has 0 amide bonds. The van der Waals surface area contributed by atoms with E-state index in [1.807, 2.05) is 0 Å². The van der Waals surface area contributed by atoms with Crippen LogP contribution in [0.25, 0.3) is 6.08 Å². The molecule has 0 fully saturated rings. The van der Waals surface area contributed by atoms with Crippen LogP contribution >= 0.6 is 0 Å². The van der Waals surface area contributed by atoms with E-state index in [1.54, 1.807) is 25.2 Å². The molecule has 0 heterocycles. The molecule has 86 valence electrons. The van der Waals surface area contributed by atoms with Gasteiger partial charge in [0.05, 0.1) is 4.90 Å². The number of hydrogen-bond acceptors (Lipinski definition) is 3. The monoisotopic (exact) mass is 239 g/mol. The topological polar surface area (TPSA) is 80.4 Å². The first-order valence-electron chi connectivity index (χ1n) is 4.53. The zero-order valence-corrected chi connectivity index (χ0v) is 9.66. The second-order valence-corrected chi connectivity index (χ2v) is 4.65. The van der Waals surface area contributed by atoms with Gasteiger partial charge in [0.1, 0.15) is 0 Å². The molecule has 0 saturated heterocycles. The van der Waals surface area contributed by atoms with Crippen molar-refractivity contribution in [2.24, 2.45) is 0 Å². The zero-order valence-electron chi connectivity index (χ0n) is 8.84. The Hall–Kier alpha value is -1.59. The van der Waals surface area contributed by atoms with Crippen LogP contribution in [0.4, 0.5) is 5.69 Å². The van der Waals surface area contributed by atoms with Crippen LogP contribution in [0.2, 0.25) is 0 Å². The maximum absolute atomic E-state index is 11.1. The van der Waals surface area contributed by atoms with Gasteiger partial charge in [-0.1, -0.05) is 24.8 Å². The fourth-order valence-electron chi connectivity index (χ4n) is 1.39. The Morgan fingerprint density at radius 3 is 2.56 bits per heavy atom. The number of nitrogens with two attached hydrogens (primary N) is 1. The molecular formula is C11H13NO3S. The number of nitrogen functional groups attached to an aromatic ring is 1. The average Bonchev–Trinajstić information content (AvgIpc) is 2.15. The van der Waals surface area contributed by atoms with Crippen LogP contribution in [-0.4, -0.2) is 13.0 Å². The van der Waals surface area contributed by atoms with E-state index in [0.29, 0.717) is 16.8 Å². The molecule has 1 aromatic carbocycles. The zero-order chi connectivity index (χ0) is 12.3. The van der Waals surface area contributed by atoms with Crippen molar-refractivity contribution in [1.29, 1.82) is 0 Å². The standard InChI is InChI=1S/C11H13NO3S/c1-3-4-5-9-8(2)11(16(13,14)15)7-6-10(9)12/h3-7H,1,12H2,2H3,(H,13,14,15)/b5-4-. The van der Waals surface area contributed by atoms with E-state index in [0.717, 1.165) is 0 Å². The van der Waals surface area contributed by atoms with Gasteiger partial charge in [0, 0.05) is 11.3 Å². The minimum Gasteiger partial charge on any atom is -0.398 e. The lowest BCUT2D eigenvalue weighted by Gasteiger charge is -2.08. The second-order valence-electron chi connectivity index (χ2n) is 3.26. The van der Waals surface area contributed by atoms with Crippen LogP contribution in [0.15, 0.2) is 35.8 Å². The first-order chi connectivity index (χ1) is 7.38. The third-order valence-corrected chi connectivity index (χ3v) is 3.17. The Bertz CT molecular complexity index is 545. The van der Waals surface area contributed by atoms with Crippen molar-refractivity contribution >= 4 is 21.9 Å². The van der Waals surface area contributed by atoms with E-state index in [9.17, 15) is 8.42 Å². The van der Waals surface area contributed by atoms with Crippen LogP contribution in [0, 0.1) is 6.92 Å². The molecule has 1 rings (SSSR count). The summed E-state index contributed by atoms with van der Waals surface area (Å²) in [5, 5.41) is 0. The Morgan fingerprint density at radius 1 is 1.44 bits per heavy atom. The van der Waals surface area contributed by atoms with Gasteiger partial charge in [-0.05, 0) is 24.6 Å². The maximum atomic E-state index is 11.1. The van der Waals surface area contributed by atoms with Crippen molar-refractivity contribution in [2.75, 3.05) is 5.73 Å². The van der Waals surface area contributed by atoms with Gasteiger partial charge in [-0.15, -0.1) is 0 Å². The van der Waals surface area contributed by atoms with Crippen molar-refractivity contribution in [2.45, 2.75) is 11.8 Å². The maximum Gasteiger partial charge on any atom is 0.294 e. The predicted molar refractivity (Wildman–Crippen MR) is 64.6 cm³/mol. The third kappa shape index (κ3) is 2.50. The van der Waals surface area contributed by atoms with Crippen LogP contribution in [-0.2, 0) is 10.1 Å². The highest BCUT2D eigenvalue weighted by Gasteiger charge is 2.15. The molecule has 0 spiro atoms. The van der Waals surface area contributed by atoms with E-state index in [-0.39, 0.29) is 4.90 Å². The summed E-state index contributed by atoms with van der Waals surface area (Å²) in [4.78, 5) is -0.134. The number of benzene rings is 1. The van der Waals surface area contributed by atoms with Crippen molar-refractivity contribution in [3.05, 3.63) is 42.0 Å². The lowest BCUT2D eigenvalue weighted by atomic mass is 10.1. The summed E-state index contributed by atoms with van der Waals surface area (Å²) in [5.41, 5.74) is 7.14. The first kappa shape index (κ1) is 12.5. The van der Waals surface area contributed by atoms with Gasteiger partial charge in [0.25, 0.3) is 10.1 Å². The molecule has 0 atom stereocenters. The Labute approximate surface area is 94.8 Å². The summed E-state index contributed by atoms with van der Waals surface area (Å²) in [6, 6.07) is 2.73. The number of rotatable bonds is 3. The van der Waals surface area contributed by atoms with Gasteiger partial charge in [-0.3, -0.25) is 4.55 Å². The van der Waals surface area contributed by atoms with Crippen molar-refractivity contribution in [3.8, 4) is 0 Å². The summed E-state index contributed by atoms with van der Waals surface area (Å²) in [5.74, 6) is 0. The highest BCUT2D eigenvalue weighted by molar-refractivity contribution is 7.85. The van der Waals surface area contributed by atoms with Gasteiger partial charge >= 0.3 is 0 Å². The highest BCUT2D eigenvalue weighted by Crippen LogP contribution is 2.25. The molecule has 0 aliphatic carbocycles. The minimum atomic E-state index is -4.21. The molecule has 16 heavy (non-hydrogen) atoms. The molecule has 0 aliphatic rings. The molecule has 0 bridgehead atoms. The van der Waals surface area contributed by atoms with Crippen LogP contribution in [0.5, 0.6) is 0 Å². The molecule has 5 heteroatoms.